The lowest BCUT2D eigenvalue weighted by Crippen LogP contribution is -2.53. The molecule has 3 amide bonds. The molecule has 1 heterocycles. The predicted octanol–water partition coefficient (Wildman–Crippen LogP) is 3.20. The average Bonchev–Trinajstić information content (AvgIpc) is 3.43. The van der Waals surface area contributed by atoms with Crippen LogP contribution in [0.1, 0.15) is 37.7 Å². The molecule has 0 saturated heterocycles. The van der Waals surface area contributed by atoms with E-state index >= 15 is 0 Å². The van der Waals surface area contributed by atoms with Crippen molar-refractivity contribution in [2.75, 3.05) is 0 Å². The third kappa shape index (κ3) is 9.35. The van der Waals surface area contributed by atoms with Gasteiger partial charge in [-0.2, -0.15) is 0 Å². The van der Waals surface area contributed by atoms with Crippen molar-refractivity contribution in [3.05, 3.63) is 72.3 Å². The summed E-state index contributed by atoms with van der Waals surface area (Å²) in [6.45, 7) is 0. The number of carbonyl (C=O) groups is 5. The molecular weight excluding hydrogens is 534 g/mol. The third-order valence-corrected chi connectivity index (χ3v) is 7.33. The average molecular weight is 566 g/mol. The van der Waals surface area contributed by atoms with E-state index in [1.165, 1.54) is 4.88 Å². The molecule has 1 aromatic heterocycles. The van der Waals surface area contributed by atoms with Gasteiger partial charge >= 0.3 is 11.9 Å². The number of hydrogen-bond donors (Lipinski definition) is 5. The van der Waals surface area contributed by atoms with Crippen molar-refractivity contribution in [3.63, 3.8) is 0 Å². The highest BCUT2D eigenvalue weighted by molar-refractivity contribution is 7.18. The minimum absolute atomic E-state index is 0.0472. The van der Waals surface area contributed by atoms with Crippen LogP contribution in [0.2, 0.25) is 0 Å². The second kappa shape index (κ2) is 14.6. The van der Waals surface area contributed by atoms with Crippen LogP contribution < -0.4 is 16.4 Å². The van der Waals surface area contributed by atoms with Gasteiger partial charge in [-0.05, 0) is 48.1 Å². The van der Waals surface area contributed by atoms with Gasteiger partial charge in [-0.25, -0.2) is 0 Å². The van der Waals surface area contributed by atoms with Gasteiger partial charge in [-0.1, -0.05) is 54.6 Å². The zero-order chi connectivity index (χ0) is 29.1. The van der Waals surface area contributed by atoms with Crippen LogP contribution in [0.3, 0.4) is 0 Å². The first-order chi connectivity index (χ1) is 19.1. The van der Waals surface area contributed by atoms with Crippen LogP contribution in [0.15, 0.2) is 66.7 Å². The molecule has 3 aromatic rings. The molecule has 2 atom stereocenters. The maximum absolute atomic E-state index is 12.7. The molecule has 0 aliphatic rings. The maximum Gasteiger partial charge on any atom is 0.303 e. The monoisotopic (exact) mass is 565 g/mol. The molecule has 0 spiro atoms. The van der Waals surface area contributed by atoms with E-state index in [2.05, 4.69) is 34.9 Å². The van der Waals surface area contributed by atoms with Crippen LogP contribution in [-0.2, 0) is 30.4 Å². The molecule has 0 fully saturated rings. The van der Waals surface area contributed by atoms with E-state index in [0.29, 0.717) is 6.42 Å². The van der Waals surface area contributed by atoms with E-state index in [9.17, 15) is 24.0 Å². The van der Waals surface area contributed by atoms with Crippen molar-refractivity contribution in [2.24, 2.45) is 5.73 Å². The Morgan fingerprint density at radius 2 is 1.25 bits per heavy atom. The number of amides is 3. The fourth-order valence-electron chi connectivity index (χ4n) is 3.97. The highest BCUT2D eigenvalue weighted by atomic mass is 32.1. The summed E-state index contributed by atoms with van der Waals surface area (Å²) in [5, 5.41) is 22.7. The zero-order valence-corrected chi connectivity index (χ0v) is 22.5. The molecule has 10 nitrogen and oxygen atoms in total. The Labute approximate surface area is 235 Å². The number of primary amides is 1. The van der Waals surface area contributed by atoms with Gasteiger partial charge in [0.15, 0.2) is 0 Å². The Hall–Kier alpha value is -4.51. The predicted molar refractivity (Wildman–Crippen MR) is 150 cm³/mol. The fourth-order valence-corrected chi connectivity index (χ4v) is 4.99. The van der Waals surface area contributed by atoms with Gasteiger partial charge in [0.1, 0.15) is 12.1 Å². The molecule has 1 unspecified atom stereocenters. The quantitative estimate of drug-likeness (QED) is 0.188. The lowest BCUT2D eigenvalue weighted by molar-refractivity contribution is -0.139. The molecule has 3 rings (SSSR count). The highest BCUT2D eigenvalue weighted by Crippen LogP contribution is 2.34. The number of carboxylic acid groups (broad SMARTS) is 2. The number of aryl methyl sites for hydroxylation is 1. The summed E-state index contributed by atoms with van der Waals surface area (Å²) in [6, 6.07) is 19.6. The highest BCUT2D eigenvalue weighted by Gasteiger charge is 2.26. The van der Waals surface area contributed by atoms with Gasteiger partial charge in [-0.3, -0.25) is 24.0 Å². The number of aliphatic carboxylic acids is 2. The number of hydrogen-bond acceptors (Lipinski definition) is 6. The Bertz CT molecular complexity index is 1340. The Kier molecular flexibility index (Phi) is 11.0. The van der Waals surface area contributed by atoms with Crippen molar-refractivity contribution >= 4 is 41.0 Å². The zero-order valence-electron chi connectivity index (χ0n) is 21.7. The minimum Gasteiger partial charge on any atom is -0.481 e. The molecule has 2 aromatic carbocycles. The van der Waals surface area contributed by atoms with Crippen LogP contribution in [0, 0.1) is 0 Å². The fraction of sp³-hybridized carbons (Fsp3) is 0.276. The Morgan fingerprint density at radius 1 is 0.700 bits per heavy atom. The number of carboxylic acids is 2. The summed E-state index contributed by atoms with van der Waals surface area (Å²) in [7, 11) is 0. The van der Waals surface area contributed by atoms with Gasteiger partial charge in [0, 0.05) is 29.0 Å². The number of nitrogens with one attached hydrogen (secondary N) is 2. The summed E-state index contributed by atoms with van der Waals surface area (Å²) in [6.07, 6.45) is -0.805. The van der Waals surface area contributed by atoms with E-state index < -0.39 is 54.6 Å². The molecule has 0 aliphatic carbocycles. The molecule has 11 heteroatoms. The second-order valence-corrected chi connectivity index (χ2v) is 10.3. The second-order valence-electron chi connectivity index (χ2n) is 9.18. The van der Waals surface area contributed by atoms with E-state index in [1.54, 1.807) is 11.3 Å². The van der Waals surface area contributed by atoms with Crippen molar-refractivity contribution < 1.29 is 34.2 Å². The third-order valence-electron chi connectivity index (χ3n) is 6.15. The first kappa shape index (κ1) is 30.0. The molecular formula is C29H31N3O7S. The van der Waals surface area contributed by atoms with Crippen molar-refractivity contribution in [1.82, 2.24) is 10.6 Å². The van der Waals surface area contributed by atoms with Gasteiger partial charge < -0.3 is 26.6 Å². The number of thiophene rings is 1. The first-order valence-electron chi connectivity index (χ1n) is 12.7. The summed E-state index contributed by atoms with van der Waals surface area (Å²) < 4.78 is 0. The molecule has 6 N–H and O–H groups in total. The van der Waals surface area contributed by atoms with Crippen molar-refractivity contribution in [2.45, 2.75) is 50.6 Å². The lowest BCUT2D eigenvalue weighted by atomic mass is 10.0. The van der Waals surface area contributed by atoms with Crippen LogP contribution in [0.4, 0.5) is 0 Å². The van der Waals surface area contributed by atoms with Crippen LogP contribution >= 0.6 is 11.3 Å². The SMILES string of the molecule is NC(=O)C(CCC(=O)O)NC(=O)[C@H](CCC(=O)O)NC(=O)CCc1ccc(-c2ccc(-c3ccccc3)s2)cc1. The van der Waals surface area contributed by atoms with Crippen molar-refractivity contribution in [3.8, 4) is 20.9 Å². The van der Waals surface area contributed by atoms with Gasteiger partial charge in [0.2, 0.25) is 17.7 Å². The smallest absolute Gasteiger partial charge is 0.303 e. The largest absolute Gasteiger partial charge is 0.481 e. The molecule has 0 radical (unpaired) electrons. The first-order valence-corrected chi connectivity index (χ1v) is 13.5. The molecule has 210 valence electrons. The van der Waals surface area contributed by atoms with E-state index in [-0.39, 0.29) is 19.3 Å². The Morgan fingerprint density at radius 3 is 1.80 bits per heavy atom. The van der Waals surface area contributed by atoms with E-state index in [1.807, 2.05) is 42.5 Å². The van der Waals surface area contributed by atoms with Crippen LogP contribution in [0.5, 0.6) is 0 Å². The molecule has 0 saturated carbocycles. The van der Waals surface area contributed by atoms with Gasteiger partial charge in [0.05, 0.1) is 0 Å². The van der Waals surface area contributed by atoms with Crippen LogP contribution in [0.25, 0.3) is 20.9 Å². The summed E-state index contributed by atoms with van der Waals surface area (Å²) in [5.41, 5.74) is 8.37. The number of benzene rings is 2. The molecule has 0 bridgehead atoms. The van der Waals surface area contributed by atoms with E-state index in [0.717, 1.165) is 21.6 Å². The molecule has 0 aliphatic heterocycles. The summed E-state index contributed by atoms with van der Waals surface area (Å²) in [4.78, 5) is 61.1. The Balaban J connectivity index is 1.57. The minimum atomic E-state index is -1.27. The maximum atomic E-state index is 12.7. The van der Waals surface area contributed by atoms with Gasteiger partial charge in [0.25, 0.3) is 0 Å². The standard InChI is InChI=1S/C29H31N3O7S/c30-28(38)21(11-16-26(34)35)32-29(39)22(12-17-27(36)37)31-25(33)15-8-18-6-9-20(10-7-18)24-14-13-23(40-24)19-4-2-1-3-5-19/h1-7,9-10,13-14,21-22H,8,11-12,15-17H2,(H2,30,38)(H,31,33)(H,32,39)(H,34,35)(H,36,37)/t21?,22-/m0/s1. The summed E-state index contributed by atoms with van der Waals surface area (Å²) in [5.74, 6) is -4.54. The van der Waals surface area contributed by atoms with Crippen molar-refractivity contribution in [1.29, 1.82) is 0 Å². The van der Waals surface area contributed by atoms with Crippen LogP contribution in [-0.4, -0.2) is 52.0 Å². The topological polar surface area (TPSA) is 176 Å². The lowest BCUT2D eigenvalue weighted by Gasteiger charge is -2.21. The molecule has 40 heavy (non-hydrogen) atoms. The van der Waals surface area contributed by atoms with E-state index in [4.69, 9.17) is 15.9 Å². The normalized spacial score (nSPS) is 12.2. The number of rotatable bonds is 15. The number of carbonyl (C=O) groups excluding carboxylic acids is 3. The number of nitrogens with two attached hydrogens (primary N) is 1. The summed E-state index contributed by atoms with van der Waals surface area (Å²) >= 11 is 1.69. The van der Waals surface area contributed by atoms with Gasteiger partial charge in [-0.15, -0.1) is 11.3 Å².